The molecule has 0 radical (unpaired) electrons. The van der Waals surface area contributed by atoms with Crippen LogP contribution in [0, 0.1) is 34.8 Å². The molecule has 0 aromatic heterocycles. The van der Waals surface area contributed by atoms with Crippen LogP contribution in [0.2, 0.25) is 0 Å². The van der Waals surface area contributed by atoms with Gasteiger partial charge in [0.15, 0.2) is 11.6 Å². The molecule has 1 aliphatic carbocycles. The summed E-state index contributed by atoms with van der Waals surface area (Å²) in [6.45, 7) is 0. The topological polar surface area (TPSA) is 23.8 Å². The Balaban J connectivity index is 1.73. The quantitative estimate of drug-likeness (QED) is 0.532. The van der Waals surface area contributed by atoms with Crippen LogP contribution >= 0.6 is 0 Å². The van der Waals surface area contributed by atoms with Crippen LogP contribution in [-0.4, -0.2) is 0 Å². The van der Waals surface area contributed by atoms with Gasteiger partial charge in [0.05, 0.1) is 6.07 Å². The van der Waals surface area contributed by atoms with E-state index in [1.165, 1.54) is 43.9 Å². The molecule has 1 aliphatic rings. The van der Waals surface area contributed by atoms with Crippen LogP contribution in [0.25, 0.3) is 0 Å². The molecule has 0 unspecified atom stereocenters. The Morgan fingerprint density at radius 1 is 1.09 bits per heavy atom. The molecule has 1 aromatic rings. The SMILES string of the molecule is N#C/C=C/C=C/C1CCC(CCc2ccc(F)c(F)c2)CC1. The van der Waals surface area contributed by atoms with E-state index in [4.69, 9.17) is 5.26 Å². The molecule has 0 aliphatic heterocycles. The Morgan fingerprint density at radius 3 is 2.55 bits per heavy atom. The highest BCUT2D eigenvalue weighted by molar-refractivity contribution is 5.18. The van der Waals surface area contributed by atoms with Crippen molar-refractivity contribution in [2.24, 2.45) is 11.8 Å². The zero-order valence-corrected chi connectivity index (χ0v) is 12.6. The Hall–Kier alpha value is -1.95. The first-order valence-electron chi connectivity index (χ1n) is 7.86. The van der Waals surface area contributed by atoms with Crippen molar-refractivity contribution in [3.63, 3.8) is 0 Å². The van der Waals surface area contributed by atoms with Gasteiger partial charge >= 0.3 is 0 Å². The highest BCUT2D eigenvalue weighted by Crippen LogP contribution is 2.32. The number of nitriles is 1. The standard InChI is InChI=1S/C19H21F2N/c20-18-12-11-17(14-19(18)21)10-9-16-7-5-15(6-8-16)4-2-1-3-13-22/h1-4,11-12,14-16H,5-10H2/b3-1+,4-2+. The van der Waals surface area contributed by atoms with Crippen LogP contribution in [0.1, 0.15) is 37.7 Å². The number of allylic oxidation sites excluding steroid dienone is 4. The second kappa shape index (κ2) is 8.48. The first-order valence-corrected chi connectivity index (χ1v) is 7.86. The van der Waals surface area contributed by atoms with Gasteiger partial charge in [-0.2, -0.15) is 5.26 Å². The Labute approximate surface area is 131 Å². The zero-order valence-electron chi connectivity index (χ0n) is 12.6. The normalized spacial score (nSPS) is 22.2. The minimum Gasteiger partial charge on any atom is -0.204 e. The maximum Gasteiger partial charge on any atom is 0.159 e. The average molecular weight is 301 g/mol. The summed E-state index contributed by atoms with van der Waals surface area (Å²) in [7, 11) is 0. The summed E-state index contributed by atoms with van der Waals surface area (Å²) in [6, 6.07) is 6.17. The minimum atomic E-state index is -0.776. The van der Waals surface area contributed by atoms with Crippen molar-refractivity contribution < 1.29 is 8.78 Å². The van der Waals surface area contributed by atoms with Gasteiger partial charge in [-0.3, -0.25) is 0 Å². The van der Waals surface area contributed by atoms with Crippen molar-refractivity contribution in [2.75, 3.05) is 0 Å². The molecular weight excluding hydrogens is 280 g/mol. The van der Waals surface area contributed by atoms with Crippen LogP contribution in [0.3, 0.4) is 0 Å². The second-order valence-electron chi connectivity index (χ2n) is 5.94. The third-order valence-corrected chi connectivity index (χ3v) is 4.38. The largest absolute Gasteiger partial charge is 0.204 e. The molecule has 0 N–H and O–H groups in total. The van der Waals surface area contributed by atoms with Crippen molar-refractivity contribution in [3.05, 3.63) is 59.7 Å². The summed E-state index contributed by atoms with van der Waals surface area (Å²) in [4.78, 5) is 0. The van der Waals surface area contributed by atoms with Crippen molar-refractivity contribution in [2.45, 2.75) is 38.5 Å². The highest BCUT2D eigenvalue weighted by atomic mass is 19.2. The van der Waals surface area contributed by atoms with Crippen molar-refractivity contribution in [1.82, 2.24) is 0 Å². The molecule has 22 heavy (non-hydrogen) atoms. The van der Waals surface area contributed by atoms with E-state index in [0.29, 0.717) is 11.8 Å². The Morgan fingerprint density at radius 2 is 1.86 bits per heavy atom. The summed E-state index contributed by atoms with van der Waals surface area (Å²) in [5.41, 5.74) is 0.877. The lowest BCUT2D eigenvalue weighted by Gasteiger charge is -2.26. The van der Waals surface area contributed by atoms with E-state index in [0.717, 1.165) is 18.4 Å². The predicted octanol–water partition coefficient (Wildman–Crippen LogP) is 5.34. The fourth-order valence-corrected chi connectivity index (χ4v) is 3.06. The minimum absolute atomic E-state index is 0.600. The zero-order chi connectivity index (χ0) is 15.8. The van der Waals surface area contributed by atoms with Crippen LogP contribution in [-0.2, 0) is 6.42 Å². The molecule has 2 rings (SSSR count). The lowest BCUT2D eigenvalue weighted by atomic mass is 9.79. The summed E-state index contributed by atoms with van der Waals surface area (Å²) >= 11 is 0. The number of benzene rings is 1. The molecule has 1 nitrogen and oxygen atoms in total. The van der Waals surface area contributed by atoms with Gasteiger partial charge in [0.2, 0.25) is 0 Å². The molecule has 0 spiro atoms. The molecule has 0 atom stereocenters. The first kappa shape index (κ1) is 16.4. The fourth-order valence-electron chi connectivity index (χ4n) is 3.06. The molecule has 0 amide bonds. The van der Waals surface area contributed by atoms with Crippen LogP contribution < -0.4 is 0 Å². The average Bonchev–Trinajstić information content (AvgIpc) is 2.54. The van der Waals surface area contributed by atoms with Gasteiger partial charge in [0, 0.05) is 6.08 Å². The molecule has 3 heteroatoms. The van der Waals surface area contributed by atoms with Gasteiger partial charge < -0.3 is 0 Å². The fraction of sp³-hybridized carbons (Fsp3) is 0.421. The second-order valence-corrected chi connectivity index (χ2v) is 5.94. The third kappa shape index (κ3) is 5.11. The molecule has 0 heterocycles. The van der Waals surface area contributed by atoms with Gasteiger partial charge in [-0.1, -0.05) is 24.3 Å². The van der Waals surface area contributed by atoms with Crippen LogP contribution in [0.15, 0.2) is 42.5 Å². The molecule has 1 aromatic carbocycles. The molecule has 0 saturated heterocycles. The number of halogens is 2. The maximum atomic E-state index is 13.2. The van der Waals surface area contributed by atoms with Crippen molar-refractivity contribution >= 4 is 0 Å². The van der Waals surface area contributed by atoms with E-state index in [1.807, 2.05) is 12.1 Å². The van der Waals surface area contributed by atoms with E-state index < -0.39 is 11.6 Å². The number of hydrogen-bond acceptors (Lipinski definition) is 1. The molecule has 1 saturated carbocycles. The monoisotopic (exact) mass is 301 g/mol. The van der Waals surface area contributed by atoms with E-state index in [1.54, 1.807) is 12.1 Å². The summed E-state index contributed by atoms with van der Waals surface area (Å²) < 4.78 is 26.0. The number of nitrogens with zero attached hydrogens (tertiary/aromatic N) is 1. The Bertz CT molecular complexity index is 576. The highest BCUT2D eigenvalue weighted by Gasteiger charge is 2.19. The molecule has 0 bridgehead atoms. The third-order valence-electron chi connectivity index (χ3n) is 4.38. The van der Waals surface area contributed by atoms with Crippen molar-refractivity contribution in [1.29, 1.82) is 5.26 Å². The predicted molar refractivity (Wildman–Crippen MR) is 84.0 cm³/mol. The molecule has 1 fully saturated rings. The lowest BCUT2D eigenvalue weighted by Crippen LogP contribution is -2.13. The smallest absolute Gasteiger partial charge is 0.159 e. The van der Waals surface area contributed by atoms with Gasteiger partial charge in [-0.25, -0.2) is 8.78 Å². The summed E-state index contributed by atoms with van der Waals surface area (Å²) in [6.07, 6.45) is 13.9. The van der Waals surface area contributed by atoms with Gasteiger partial charge in [0.25, 0.3) is 0 Å². The molecule has 116 valence electrons. The molecular formula is C19H21F2N. The number of hydrogen-bond donors (Lipinski definition) is 0. The number of rotatable bonds is 5. The maximum absolute atomic E-state index is 13.2. The van der Waals surface area contributed by atoms with E-state index in [9.17, 15) is 8.78 Å². The van der Waals surface area contributed by atoms with E-state index in [-0.39, 0.29) is 0 Å². The first-order chi connectivity index (χ1) is 10.7. The van der Waals surface area contributed by atoms with Crippen LogP contribution in [0.4, 0.5) is 8.78 Å². The van der Waals surface area contributed by atoms with E-state index >= 15 is 0 Å². The Kier molecular flexibility index (Phi) is 6.33. The number of aryl methyl sites for hydroxylation is 1. The lowest BCUT2D eigenvalue weighted by molar-refractivity contribution is 0.296. The van der Waals surface area contributed by atoms with Gasteiger partial charge in [0.1, 0.15) is 0 Å². The summed E-state index contributed by atoms with van der Waals surface area (Å²) in [5.74, 6) is -0.256. The van der Waals surface area contributed by atoms with Gasteiger partial charge in [-0.05, 0) is 68.1 Å². The van der Waals surface area contributed by atoms with E-state index in [2.05, 4.69) is 6.08 Å². The van der Waals surface area contributed by atoms with Gasteiger partial charge in [-0.15, -0.1) is 0 Å². The van der Waals surface area contributed by atoms with Crippen LogP contribution in [0.5, 0.6) is 0 Å². The summed E-state index contributed by atoms with van der Waals surface area (Å²) in [5, 5.41) is 8.41. The van der Waals surface area contributed by atoms with Crippen molar-refractivity contribution in [3.8, 4) is 6.07 Å².